The molecule has 1 aromatic carbocycles. The molecule has 5 heterocycles. The van der Waals surface area contributed by atoms with Gasteiger partial charge in [0.1, 0.15) is 11.1 Å². The molecule has 1 saturated heterocycles. The molecule has 0 unspecified atom stereocenters. The van der Waals surface area contributed by atoms with Crippen LogP contribution in [0.2, 0.25) is 0 Å². The fourth-order valence-corrected chi connectivity index (χ4v) is 8.65. The van der Waals surface area contributed by atoms with Crippen LogP contribution in [0.25, 0.3) is 22.3 Å². The van der Waals surface area contributed by atoms with Crippen LogP contribution in [0, 0.1) is 18.6 Å². The zero-order valence-corrected chi connectivity index (χ0v) is 31.5. The summed E-state index contributed by atoms with van der Waals surface area (Å²) >= 11 is 0. The molecule has 54 heavy (non-hydrogen) atoms. The molecule has 14 heteroatoms. The van der Waals surface area contributed by atoms with Crippen LogP contribution >= 0.6 is 0 Å². The Kier molecular flexibility index (Phi) is 8.59. The minimum absolute atomic E-state index is 0.00663. The maximum absolute atomic E-state index is 15.7. The lowest BCUT2D eigenvalue weighted by Crippen LogP contribution is -2.64. The number of aromatic nitrogens is 4. The second kappa shape index (κ2) is 12.7. The number of nitrogens with one attached hydrogen (secondary N) is 2. The summed E-state index contributed by atoms with van der Waals surface area (Å²) in [6.45, 7) is 13.4. The summed E-state index contributed by atoms with van der Waals surface area (Å²) in [4.78, 5) is 46.1. The molecule has 4 aliphatic rings. The monoisotopic (exact) mass is 746 g/mol. The second-order valence-corrected chi connectivity index (χ2v) is 16.7. The standard InChI is InChI=1S/C40H46F4N8O2/c1-21(2)51-20-46-28-16-26(47-34(32(28)51)48-27-15-25(22(3)30(41)31(27)42)35(53)49-40(10-11-40)36(43)44)23-14-29-33(45-19-23)38(4,5)37(54)52(29)24-17-39(6,18-24)50-12-8-7-9-13-50/h14-16,19-21,24,36H,7-13,17-18H2,1-6H3,(H,47,48)(H,49,53)/t24-,39+. The molecule has 3 aromatic heterocycles. The fraction of sp³-hybridized carbons (Fsp3) is 0.525. The van der Waals surface area contributed by atoms with Gasteiger partial charge in [-0.3, -0.25) is 19.5 Å². The highest BCUT2D eigenvalue weighted by Crippen LogP contribution is 2.50. The van der Waals surface area contributed by atoms with Crippen molar-refractivity contribution in [1.29, 1.82) is 0 Å². The van der Waals surface area contributed by atoms with E-state index in [0.29, 0.717) is 28.0 Å². The van der Waals surface area contributed by atoms with E-state index in [2.05, 4.69) is 27.4 Å². The number of carbonyl (C=O) groups is 2. The molecule has 0 spiro atoms. The van der Waals surface area contributed by atoms with Crippen molar-refractivity contribution in [2.75, 3.05) is 23.3 Å². The summed E-state index contributed by atoms with van der Waals surface area (Å²) in [6, 6.07) is 4.77. The van der Waals surface area contributed by atoms with Crippen molar-refractivity contribution in [1.82, 2.24) is 29.7 Å². The number of halogens is 4. The van der Waals surface area contributed by atoms with Crippen LogP contribution in [0.3, 0.4) is 0 Å². The quantitative estimate of drug-likeness (QED) is 0.167. The number of piperidine rings is 1. The minimum Gasteiger partial charge on any atom is -0.341 e. The largest absolute Gasteiger partial charge is 0.341 e. The van der Waals surface area contributed by atoms with Crippen molar-refractivity contribution >= 4 is 40.0 Å². The van der Waals surface area contributed by atoms with E-state index in [0.717, 1.165) is 37.7 Å². The molecule has 4 aromatic rings. The number of nitrogens with zero attached hydrogens (tertiary/aromatic N) is 6. The van der Waals surface area contributed by atoms with E-state index in [-0.39, 0.29) is 59.0 Å². The van der Waals surface area contributed by atoms with Crippen LogP contribution in [0.5, 0.6) is 0 Å². The Hall–Kier alpha value is -4.59. The first-order valence-electron chi connectivity index (χ1n) is 18.9. The van der Waals surface area contributed by atoms with Gasteiger partial charge in [-0.2, -0.15) is 0 Å². The van der Waals surface area contributed by atoms with E-state index in [4.69, 9.17) is 9.97 Å². The van der Waals surface area contributed by atoms with Crippen molar-refractivity contribution in [3.05, 3.63) is 59.2 Å². The summed E-state index contributed by atoms with van der Waals surface area (Å²) in [6.07, 6.45) is 6.07. The molecular weight excluding hydrogens is 700 g/mol. The van der Waals surface area contributed by atoms with Crippen LogP contribution in [-0.4, -0.2) is 72.9 Å². The maximum Gasteiger partial charge on any atom is 0.261 e. The normalized spacial score (nSPS) is 23.2. The minimum atomic E-state index is -2.79. The highest BCUT2D eigenvalue weighted by Gasteiger charge is 2.55. The van der Waals surface area contributed by atoms with Gasteiger partial charge in [0.15, 0.2) is 17.5 Å². The average molecular weight is 747 g/mol. The van der Waals surface area contributed by atoms with E-state index < -0.39 is 34.9 Å². The van der Waals surface area contributed by atoms with Crippen molar-refractivity contribution < 1.29 is 27.2 Å². The van der Waals surface area contributed by atoms with E-state index in [9.17, 15) is 18.4 Å². The van der Waals surface area contributed by atoms with E-state index in [1.165, 1.54) is 26.2 Å². The number of amides is 2. The molecular formula is C40H46F4N8O2. The van der Waals surface area contributed by atoms with Gasteiger partial charge >= 0.3 is 0 Å². The van der Waals surface area contributed by atoms with Gasteiger partial charge in [0.2, 0.25) is 5.91 Å². The predicted molar refractivity (Wildman–Crippen MR) is 198 cm³/mol. The third-order valence-corrected chi connectivity index (χ3v) is 12.2. The van der Waals surface area contributed by atoms with E-state index in [1.54, 1.807) is 18.6 Å². The smallest absolute Gasteiger partial charge is 0.261 e. The molecule has 10 nitrogen and oxygen atoms in total. The summed E-state index contributed by atoms with van der Waals surface area (Å²) < 4.78 is 60.3. The number of hydrogen-bond donors (Lipinski definition) is 2. The topological polar surface area (TPSA) is 108 Å². The van der Waals surface area contributed by atoms with Gasteiger partial charge < -0.3 is 20.1 Å². The number of likely N-dealkylation sites (tertiary alicyclic amines) is 1. The summed E-state index contributed by atoms with van der Waals surface area (Å²) in [5, 5.41) is 5.26. The molecule has 0 bridgehead atoms. The molecule has 2 N–H and O–H groups in total. The Morgan fingerprint density at radius 2 is 1.69 bits per heavy atom. The fourth-order valence-electron chi connectivity index (χ4n) is 8.65. The molecule has 8 rings (SSSR count). The van der Waals surface area contributed by atoms with Gasteiger partial charge in [-0.1, -0.05) is 6.42 Å². The number of imidazole rings is 1. The van der Waals surface area contributed by atoms with Crippen LogP contribution in [-0.2, 0) is 10.2 Å². The van der Waals surface area contributed by atoms with Gasteiger partial charge in [0, 0.05) is 40.5 Å². The zero-order chi connectivity index (χ0) is 38.5. The summed E-state index contributed by atoms with van der Waals surface area (Å²) in [5.41, 5.74) is 0.0676. The van der Waals surface area contributed by atoms with Crippen molar-refractivity contribution in [2.24, 2.45) is 0 Å². The maximum atomic E-state index is 15.7. The number of anilines is 3. The van der Waals surface area contributed by atoms with Gasteiger partial charge in [0.05, 0.1) is 40.0 Å². The lowest BCUT2D eigenvalue weighted by atomic mass is 9.71. The molecule has 0 radical (unpaired) electrons. The Bertz CT molecular complexity index is 2180. The molecule has 2 saturated carbocycles. The second-order valence-electron chi connectivity index (χ2n) is 16.7. The van der Waals surface area contributed by atoms with Crippen molar-refractivity contribution in [2.45, 2.75) is 121 Å². The number of fused-ring (bicyclic) bond motifs is 2. The number of hydrogen-bond acceptors (Lipinski definition) is 7. The highest BCUT2D eigenvalue weighted by atomic mass is 19.3. The lowest BCUT2D eigenvalue weighted by Gasteiger charge is -2.55. The molecule has 2 aliphatic heterocycles. The number of carbonyl (C=O) groups excluding carboxylic acids is 2. The van der Waals surface area contributed by atoms with Gasteiger partial charge in [-0.25, -0.2) is 27.5 Å². The first-order chi connectivity index (χ1) is 25.5. The Morgan fingerprint density at radius 1 is 0.981 bits per heavy atom. The van der Waals surface area contributed by atoms with Crippen LogP contribution in [0.15, 0.2) is 30.7 Å². The number of pyridine rings is 2. The third kappa shape index (κ3) is 5.74. The first kappa shape index (κ1) is 36.4. The molecule has 2 aliphatic carbocycles. The van der Waals surface area contributed by atoms with Crippen LogP contribution in [0.4, 0.5) is 34.8 Å². The van der Waals surface area contributed by atoms with Crippen LogP contribution < -0.4 is 15.5 Å². The van der Waals surface area contributed by atoms with Crippen LogP contribution in [0.1, 0.15) is 107 Å². The Balaban J connectivity index is 1.17. The van der Waals surface area contributed by atoms with Crippen molar-refractivity contribution in [3.8, 4) is 11.3 Å². The molecule has 3 fully saturated rings. The zero-order valence-electron chi connectivity index (χ0n) is 31.5. The number of benzene rings is 1. The SMILES string of the molecule is Cc1c(C(=O)NC2(C(F)F)CC2)cc(Nc2nc(-c3cnc4c(c3)N([C@H]3C[C@@](C)(N5CCCCC5)C3)C(=O)C4(C)C)cc3ncn(C(C)C)c23)c(F)c1F. The predicted octanol–water partition coefficient (Wildman–Crippen LogP) is 7.96. The summed E-state index contributed by atoms with van der Waals surface area (Å²) in [7, 11) is 0. The Labute approximate surface area is 311 Å². The van der Waals surface area contributed by atoms with Gasteiger partial charge in [0.25, 0.3) is 12.3 Å². The average Bonchev–Trinajstić information content (AvgIpc) is 3.73. The third-order valence-electron chi connectivity index (χ3n) is 12.2. The highest BCUT2D eigenvalue weighted by molar-refractivity contribution is 6.08. The summed E-state index contributed by atoms with van der Waals surface area (Å²) in [5.74, 6) is -3.30. The van der Waals surface area contributed by atoms with Gasteiger partial charge in [-0.05, 0) is 111 Å². The molecule has 0 atom stereocenters. The number of rotatable bonds is 9. The molecule has 2 amide bonds. The first-order valence-corrected chi connectivity index (χ1v) is 18.9. The lowest BCUT2D eigenvalue weighted by molar-refractivity contribution is -0.123. The van der Waals surface area contributed by atoms with E-state index in [1.807, 2.05) is 43.2 Å². The van der Waals surface area contributed by atoms with E-state index >= 15 is 8.78 Å². The van der Waals surface area contributed by atoms with Crippen molar-refractivity contribution in [3.63, 3.8) is 0 Å². The molecule has 286 valence electrons. The Morgan fingerprint density at radius 3 is 2.33 bits per heavy atom. The number of alkyl halides is 2. The van der Waals surface area contributed by atoms with Gasteiger partial charge in [-0.15, -0.1) is 0 Å².